The van der Waals surface area contributed by atoms with Crippen LogP contribution < -0.4 is 9.46 Å². The molecule has 22 heavy (non-hydrogen) atoms. The van der Waals surface area contributed by atoms with Crippen LogP contribution in [0.25, 0.3) is 0 Å². The van der Waals surface area contributed by atoms with Crippen LogP contribution in [-0.4, -0.2) is 15.5 Å². The quantitative estimate of drug-likeness (QED) is 0.919. The highest BCUT2D eigenvalue weighted by atomic mass is 32.2. The number of methoxy groups -OCH3 is 1. The topological polar surface area (TPSA) is 55.4 Å². The molecule has 0 spiro atoms. The Balaban J connectivity index is 2.29. The predicted octanol–water partition coefficient (Wildman–Crippen LogP) is 3.18. The molecule has 0 radical (unpaired) electrons. The van der Waals surface area contributed by atoms with Gasteiger partial charge in [0.25, 0.3) is 0 Å². The van der Waals surface area contributed by atoms with Crippen molar-refractivity contribution < 1.29 is 17.5 Å². The SMILES string of the molecule is COc1ccccc1[C@@H](C)NS(=O)(=O)c1ccc(F)c(C)c1. The van der Waals surface area contributed by atoms with Crippen LogP contribution in [0.4, 0.5) is 4.39 Å². The number of benzene rings is 2. The summed E-state index contributed by atoms with van der Waals surface area (Å²) in [5.41, 5.74) is 1.01. The van der Waals surface area contributed by atoms with Gasteiger partial charge < -0.3 is 4.74 Å². The fraction of sp³-hybridized carbons (Fsp3) is 0.250. The van der Waals surface area contributed by atoms with Crippen molar-refractivity contribution in [3.05, 3.63) is 59.4 Å². The third kappa shape index (κ3) is 3.45. The van der Waals surface area contributed by atoms with Crippen LogP contribution in [-0.2, 0) is 10.0 Å². The molecule has 4 nitrogen and oxygen atoms in total. The van der Waals surface area contributed by atoms with E-state index in [1.54, 1.807) is 19.1 Å². The number of aryl methyl sites for hydroxylation is 1. The standard InChI is InChI=1S/C16H18FNO3S/c1-11-10-13(8-9-15(11)17)22(19,20)18-12(2)14-6-4-5-7-16(14)21-3/h4-10,12,18H,1-3H3/t12-/m1/s1. The summed E-state index contributed by atoms with van der Waals surface area (Å²) < 4.78 is 45.9. The molecule has 2 rings (SSSR count). The van der Waals surface area contributed by atoms with Crippen LogP contribution in [0.2, 0.25) is 0 Å². The maximum Gasteiger partial charge on any atom is 0.241 e. The Morgan fingerprint density at radius 1 is 1.18 bits per heavy atom. The number of hydrogen-bond acceptors (Lipinski definition) is 3. The van der Waals surface area contributed by atoms with Gasteiger partial charge in [0.2, 0.25) is 10.0 Å². The van der Waals surface area contributed by atoms with Crippen molar-refractivity contribution in [1.29, 1.82) is 0 Å². The second-order valence-electron chi connectivity index (χ2n) is 5.00. The number of nitrogens with one attached hydrogen (secondary N) is 1. The summed E-state index contributed by atoms with van der Waals surface area (Å²) in [6, 6.07) is 10.4. The molecular formula is C16H18FNO3S. The van der Waals surface area contributed by atoms with Gasteiger partial charge in [-0.25, -0.2) is 17.5 Å². The average molecular weight is 323 g/mol. The molecule has 6 heteroatoms. The highest BCUT2D eigenvalue weighted by Gasteiger charge is 2.21. The van der Waals surface area contributed by atoms with Gasteiger partial charge in [-0.1, -0.05) is 18.2 Å². The van der Waals surface area contributed by atoms with Gasteiger partial charge in [-0.05, 0) is 43.7 Å². The maximum atomic E-state index is 13.3. The summed E-state index contributed by atoms with van der Waals surface area (Å²) >= 11 is 0. The highest BCUT2D eigenvalue weighted by molar-refractivity contribution is 7.89. The Morgan fingerprint density at radius 3 is 2.50 bits per heavy atom. The Hall–Kier alpha value is -1.92. The first-order chi connectivity index (χ1) is 10.3. The summed E-state index contributed by atoms with van der Waals surface area (Å²) in [4.78, 5) is 0.0353. The summed E-state index contributed by atoms with van der Waals surface area (Å²) in [5, 5.41) is 0. The largest absolute Gasteiger partial charge is 0.496 e. The molecule has 0 heterocycles. The van der Waals surface area contributed by atoms with Crippen molar-refractivity contribution in [2.24, 2.45) is 0 Å². The zero-order valence-electron chi connectivity index (χ0n) is 12.6. The Morgan fingerprint density at radius 2 is 1.86 bits per heavy atom. The third-order valence-electron chi connectivity index (χ3n) is 3.38. The van der Waals surface area contributed by atoms with Crippen molar-refractivity contribution in [3.8, 4) is 5.75 Å². The zero-order valence-corrected chi connectivity index (χ0v) is 13.4. The monoisotopic (exact) mass is 323 g/mol. The molecule has 1 N–H and O–H groups in total. The predicted molar refractivity (Wildman–Crippen MR) is 82.9 cm³/mol. The van der Waals surface area contributed by atoms with Crippen molar-refractivity contribution in [2.45, 2.75) is 24.8 Å². The molecular weight excluding hydrogens is 305 g/mol. The van der Waals surface area contributed by atoms with Crippen LogP contribution in [0.5, 0.6) is 5.75 Å². The van der Waals surface area contributed by atoms with E-state index in [4.69, 9.17) is 4.74 Å². The van der Waals surface area contributed by atoms with E-state index in [0.29, 0.717) is 5.75 Å². The lowest BCUT2D eigenvalue weighted by atomic mass is 10.1. The van der Waals surface area contributed by atoms with Gasteiger partial charge in [0.15, 0.2) is 0 Å². The number of hydrogen-bond donors (Lipinski definition) is 1. The lowest BCUT2D eigenvalue weighted by Crippen LogP contribution is -2.27. The number of rotatable bonds is 5. The van der Waals surface area contributed by atoms with Gasteiger partial charge in [-0.15, -0.1) is 0 Å². The van der Waals surface area contributed by atoms with Gasteiger partial charge >= 0.3 is 0 Å². The first-order valence-corrected chi connectivity index (χ1v) is 8.25. The van der Waals surface area contributed by atoms with E-state index in [1.807, 2.05) is 12.1 Å². The van der Waals surface area contributed by atoms with Crippen molar-refractivity contribution in [3.63, 3.8) is 0 Å². The van der Waals surface area contributed by atoms with Gasteiger partial charge in [-0.3, -0.25) is 0 Å². The average Bonchev–Trinajstić information content (AvgIpc) is 2.49. The minimum absolute atomic E-state index is 0.0353. The molecule has 0 saturated heterocycles. The van der Waals surface area contributed by atoms with Crippen molar-refractivity contribution in [1.82, 2.24) is 4.72 Å². The number of para-hydroxylation sites is 1. The van der Waals surface area contributed by atoms with Crippen molar-refractivity contribution in [2.75, 3.05) is 7.11 Å². The zero-order chi connectivity index (χ0) is 16.3. The highest BCUT2D eigenvalue weighted by Crippen LogP contribution is 2.26. The minimum atomic E-state index is -3.74. The summed E-state index contributed by atoms with van der Waals surface area (Å²) in [6.45, 7) is 3.25. The van der Waals surface area contributed by atoms with E-state index in [1.165, 1.54) is 26.2 Å². The van der Waals surface area contributed by atoms with E-state index in [0.717, 1.165) is 11.6 Å². The van der Waals surface area contributed by atoms with Crippen molar-refractivity contribution >= 4 is 10.0 Å². The Labute approximate surface area is 130 Å². The summed E-state index contributed by atoms with van der Waals surface area (Å²) in [6.07, 6.45) is 0. The lowest BCUT2D eigenvalue weighted by molar-refractivity contribution is 0.405. The molecule has 0 saturated carbocycles. The summed E-state index contributed by atoms with van der Waals surface area (Å²) in [5.74, 6) is 0.171. The lowest BCUT2D eigenvalue weighted by Gasteiger charge is -2.17. The van der Waals surface area contributed by atoms with Gasteiger partial charge in [0, 0.05) is 11.6 Å². The fourth-order valence-corrected chi connectivity index (χ4v) is 3.48. The van der Waals surface area contributed by atoms with Gasteiger partial charge in [0.05, 0.1) is 12.0 Å². The van der Waals surface area contributed by atoms with E-state index in [9.17, 15) is 12.8 Å². The molecule has 1 atom stereocenters. The Bertz CT molecular complexity index is 775. The van der Waals surface area contributed by atoms with Crippen LogP contribution in [0.3, 0.4) is 0 Å². The molecule has 2 aromatic carbocycles. The first-order valence-electron chi connectivity index (χ1n) is 6.76. The van der Waals surface area contributed by atoms with E-state index in [2.05, 4.69) is 4.72 Å². The molecule has 0 aliphatic rings. The molecule has 0 unspecified atom stereocenters. The summed E-state index contributed by atoms with van der Waals surface area (Å²) in [7, 11) is -2.21. The molecule has 0 fully saturated rings. The molecule has 0 amide bonds. The molecule has 118 valence electrons. The van der Waals surface area contributed by atoms with Crippen LogP contribution in [0.1, 0.15) is 24.1 Å². The number of sulfonamides is 1. The van der Waals surface area contributed by atoms with Gasteiger partial charge in [0.1, 0.15) is 11.6 Å². The van der Waals surface area contributed by atoms with Crippen LogP contribution in [0.15, 0.2) is 47.4 Å². The van der Waals surface area contributed by atoms with E-state index < -0.39 is 21.9 Å². The fourth-order valence-electron chi connectivity index (χ4n) is 2.17. The molecule has 2 aromatic rings. The minimum Gasteiger partial charge on any atom is -0.496 e. The molecule has 0 bridgehead atoms. The van der Waals surface area contributed by atoms with E-state index in [-0.39, 0.29) is 10.5 Å². The third-order valence-corrected chi connectivity index (χ3v) is 4.92. The Kier molecular flexibility index (Phi) is 4.83. The van der Waals surface area contributed by atoms with Crippen LogP contribution in [0, 0.1) is 12.7 Å². The number of ether oxygens (including phenoxy) is 1. The van der Waals surface area contributed by atoms with Gasteiger partial charge in [-0.2, -0.15) is 0 Å². The second kappa shape index (κ2) is 6.46. The van der Waals surface area contributed by atoms with E-state index >= 15 is 0 Å². The molecule has 0 aliphatic heterocycles. The smallest absolute Gasteiger partial charge is 0.241 e. The normalized spacial score (nSPS) is 12.9. The van der Waals surface area contributed by atoms with Crippen LogP contribution >= 0.6 is 0 Å². The second-order valence-corrected chi connectivity index (χ2v) is 6.71. The number of halogens is 1. The molecule has 0 aromatic heterocycles. The molecule has 0 aliphatic carbocycles. The maximum absolute atomic E-state index is 13.3. The first kappa shape index (κ1) is 16.5.